The fraction of sp³-hybridized carbons (Fsp3) is 0.120. The van der Waals surface area contributed by atoms with Gasteiger partial charge in [0.25, 0.3) is 11.8 Å². The van der Waals surface area contributed by atoms with E-state index in [1.807, 2.05) is 24.3 Å². The van der Waals surface area contributed by atoms with Crippen LogP contribution in [-0.4, -0.2) is 28.2 Å². The summed E-state index contributed by atoms with van der Waals surface area (Å²) in [7, 11) is 0. The fourth-order valence-corrected chi connectivity index (χ4v) is 5.99. The lowest BCUT2D eigenvalue weighted by atomic mass is 9.95. The number of nitrogens with zero attached hydrogens (tertiary/aromatic N) is 3. The zero-order valence-corrected chi connectivity index (χ0v) is 19.0. The summed E-state index contributed by atoms with van der Waals surface area (Å²) in [6, 6.07) is 18.5. The minimum absolute atomic E-state index is 0.0211. The standard InChI is InChI=1S/C25H17N3O2S2/c1-3-28-24(29)19(14(2)20(13-26)25(28)30)11-18-12-21-23(31-18)27-22(32-21)17-9-8-15-6-4-5-7-16(15)10-17/h4-12H,3H2,1-2H3/b19-11-. The highest BCUT2D eigenvalue weighted by atomic mass is 32.1. The average Bonchev–Trinajstić information content (AvgIpc) is 3.36. The molecule has 3 heterocycles. The van der Waals surface area contributed by atoms with Gasteiger partial charge in [0, 0.05) is 22.6 Å². The molecule has 0 N–H and O–H groups in total. The molecule has 4 aromatic rings. The second-order valence-electron chi connectivity index (χ2n) is 7.42. The lowest BCUT2D eigenvalue weighted by molar-refractivity contribution is -0.140. The maximum Gasteiger partial charge on any atom is 0.271 e. The van der Waals surface area contributed by atoms with Gasteiger partial charge in [-0.15, -0.1) is 22.7 Å². The third-order valence-corrected chi connectivity index (χ3v) is 7.69. The first-order chi connectivity index (χ1) is 15.5. The summed E-state index contributed by atoms with van der Waals surface area (Å²) in [5, 5.41) is 12.7. The van der Waals surface area contributed by atoms with E-state index in [1.165, 1.54) is 22.1 Å². The predicted molar refractivity (Wildman–Crippen MR) is 129 cm³/mol. The number of benzene rings is 2. The molecular weight excluding hydrogens is 438 g/mol. The maximum atomic E-state index is 12.8. The first-order valence-corrected chi connectivity index (χ1v) is 11.7. The summed E-state index contributed by atoms with van der Waals surface area (Å²) >= 11 is 3.10. The van der Waals surface area contributed by atoms with Crippen molar-refractivity contribution >= 4 is 60.9 Å². The Kier molecular flexibility index (Phi) is 4.97. The first kappa shape index (κ1) is 20.3. The molecule has 0 saturated heterocycles. The maximum absolute atomic E-state index is 12.8. The second kappa shape index (κ2) is 7.83. The molecule has 156 valence electrons. The number of fused-ring (bicyclic) bond motifs is 2. The van der Waals surface area contributed by atoms with E-state index in [4.69, 9.17) is 4.98 Å². The van der Waals surface area contributed by atoms with Crippen LogP contribution in [-0.2, 0) is 9.59 Å². The highest BCUT2D eigenvalue weighted by Gasteiger charge is 2.34. The molecule has 5 rings (SSSR count). The topological polar surface area (TPSA) is 74.1 Å². The number of hydrogen-bond acceptors (Lipinski definition) is 6. The van der Waals surface area contributed by atoms with Gasteiger partial charge >= 0.3 is 0 Å². The molecular formula is C25H17N3O2S2. The van der Waals surface area contributed by atoms with E-state index < -0.39 is 5.91 Å². The summed E-state index contributed by atoms with van der Waals surface area (Å²) < 4.78 is 1.04. The number of carbonyl (C=O) groups excluding carboxylic acids is 2. The number of amides is 2. The molecule has 1 aliphatic heterocycles. The number of thiazole rings is 1. The minimum atomic E-state index is -0.525. The number of carbonyl (C=O) groups is 2. The Morgan fingerprint density at radius 1 is 1.06 bits per heavy atom. The van der Waals surface area contributed by atoms with E-state index >= 15 is 0 Å². The van der Waals surface area contributed by atoms with Crippen LogP contribution in [0, 0.1) is 11.3 Å². The van der Waals surface area contributed by atoms with Gasteiger partial charge in [-0.3, -0.25) is 14.5 Å². The quantitative estimate of drug-likeness (QED) is 0.289. The fourth-order valence-electron chi connectivity index (χ4n) is 3.83. The van der Waals surface area contributed by atoms with Crippen LogP contribution in [0.5, 0.6) is 0 Å². The van der Waals surface area contributed by atoms with Crippen molar-refractivity contribution in [3.63, 3.8) is 0 Å². The molecule has 0 spiro atoms. The van der Waals surface area contributed by atoms with Crippen LogP contribution in [0.1, 0.15) is 18.7 Å². The Bertz CT molecular complexity index is 1500. The van der Waals surface area contributed by atoms with Gasteiger partial charge in [-0.25, -0.2) is 4.98 Å². The molecule has 2 aromatic heterocycles. The normalized spacial score (nSPS) is 15.9. The van der Waals surface area contributed by atoms with Crippen molar-refractivity contribution in [2.75, 3.05) is 6.54 Å². The SMILES string of the molecule is CCN1C(=O)C(C#N)=C(C)/C(=C/c2cc3sc(-c4ccc5ccccc5c4)nc3s2)C1=O. The molecule has 5 nitrogen and oxygen atoms in total. The summed E-state index contributed by atoms with van der Waals surface area (Å²) in [5.41, 5.74) is 1.90. The molecule has 2 amide bonds. The van der Waals surface area contributed by atoms with Crippen LogP contribution in [0.3, 0.4) is 0 Å². The average molecular weight is 456 g/mol. The third kappa shape index (κ3) is 3.25. The minimum Gasteiger partial charge on any atom is -0.274 e. The van der Waals surface area contributed by atoms with Gasteiger partial charge < -0.3 is 0 Å². The number of likely N-dealkylation sites (N-methyl/N-ethyl adjacent to an activating group) is 1. The molecule has 7 heteroatoms. The van der Waals surface area contributed by atoms with Crippen LogP contribution in [0.2, 0.25) is 0 Å². The van der Waals surface area contributed by atoms with Crippen molar-refractivity contribution in [2.24, 2.45) is 0 Å². The van der Waals surface area contributed by atoms with Crippen molar-refractivity contribution in [1.82, 2.24) is 9.88 Å². The third-order valence-electron chi connectivity index (χ3n) is 5.53. The molecule has 0 fully saturated rings. The Hall–Kier alpha value is -3.60. The van der Waals surface area contributed by atoms with E-state index in [-0.39, 0.29) is 18.0 Å². The monoisotopic (exact) mass is 455 g/mol. The predicted octanol–water partition coefficient (Wildman–Crippen LogP) is 5.79. The summed E-state index contributed by atoms with van der Waals surface area (Å²) in [5.74, 6) is -0.890. The largest absolute Gasteiger partial charge is 0.274 e. The Morgan fingerprint density at radius 3 is 2.56 bits per heavy atom. The molecule has 0 saturated carbocycles. The van der Waals surface area contributed by atoms with Crippen LogP contribution < -0.4 is 0 Å². The smallest absolute Gasteiger partial charge is 0.271 e. The van der Waals surface area contributed by atoms with Gasteiger partial charge in [0.15, 0.2) is 0 Å². The van der Waals surface area contributed by atoms with Crippen molar-refractivity contribution in [1.29, 1.82) is 5.26 Å². The molecule has 0 aliphatic carbocycles. The van der Waals surface area contributed by atoms with Gasteiger partial charge in [-0.2, -0.15) is 5.26 Å². The highest BCUT2D eigenvalue weighted by molar-refractivity contribution is 7.29. The van der Waals surface area contributed by atoms with E-state index in [0.717, 1.165) is 29.9 Å². The number of imide groups is 1. The van der Waals surface area contributed by atoms with E-state index in [1.54, 1.807) is 31.3 Å². The number of hydrogen-bond donors (Lipinski definition) is 0. The highest BCUT2D eigenvalue weighted by Crippen LogP contribution is 2.37. The Labute approximate surface area is 192 Å². The number of nitriles is 1. The van der Waals surface area contributed by atoms with E-state index in [0.29, 0.717) is 11.1 Å². The molecule has 0 atom stereocenters. The van der Waals surface area contributed by atoms with Gasteiger partial charge in [0.2, 0.25) is 0 Å². The molecule has 0 unspecified atom stereocenters. The molecule has 32 heavy (non-hydrogen) atoms. The molecule has 1 aliphatic rings. The van der Waals surface area contributed by atoms with Gasteiger partial charge in [0.05, 0.1) is 4.70 Å². The van der Waals surface area contributed by atoms with Gasteiger partial charge in [-0.05, 0) is 48.4 Å². The van der Waals surface area contributed by atoms with Crippen molar-refractivity contribution in [3.05, 3.63) is 70.1 Å². The van der Waals surface area contributed by atoms with Crippen LogP contribution in [0.25, 0.3) is 36.9 Å². The van der Waals surface area contributed by atoms with Crippen molar-refractivity contribution in [3.8, 4) is 16.6 Å². The number of thiophene rings is 1. The van der Waals surface area contributed by atoms with Crippen LogP contribution >= 0.6 is 22.7 Å². The lowest BCUT2D eigenvalue weighted by Crippen LogP contribution is -2.42. The number of aromatic nitrogens is 1. The number of rotatable bonds is 3. The second-order valence-corrected chi connectivity index (χ2v) is 9.52. The molecule has 2 aromatic carbocycles. The summed E-state index contributed by atoms with van der Waals surface area (Å²) in [6.07, 6.45) is 1.76. The Balaban J connectivity index is 1.53. The lowest BCUT2D eigenvalue weighted by Gasteiger charge is -2.26. The van der Waals surface area contributed by atoms with Crippen LogP contribution in [0.4, 0.5) is 0 Å². The summed E-state index contributed by atoms with van der Waals surface area (Å²) in [6.45, 7) is 3.60. The zero-order valence-electron chi connectivity index (χ0n) is 17.4. The zero-order chi connectivity index (χ0) is 22.4. The summed E-state index contributed by atoms with van der Waals surface area (Å²) in [4.78, 5) is 32.9. The molecule has 0 radical (unpaired) electrons. The molecule has 0 bridgehead atoms. The Morgan fingerprint density at radius 2 is 1.84 bits per heavy atom. The van der Waals surface area contributed by atoms with E-state index in [2.05, 4.69) is 30.3 Å². The van der Waals surface area contributed by atoms with Crippen molar-refractivity contribution < 1.29 is 9.59 Å². The van der Waals surface area contributed by atoms with Gasteiger partial charge in [0.1, 0.15) is 21.5 Å². The van der Waals surface area contributed by atoms with E-state index in [9.17, 15) is 14.9 Å². The van der Waals surface area contributed by atoms with Crippen LogP contribution in [0.15, 0.2) is 65.3 Å². The first-order valence-electron chi connectivity index (χ1n) is 10.1. The van der Waals surface area contributed by atoms with Gasteiger partial charge in [-0.1, -0.05) is 36.4 Å². The van der Waals surface area contributed by atoms with Crippen molar-refractivity contribution in [2.45, 2.75) is 13.8 Å².